The van der Waals surface area contributed by atoms with Gasteiger partial charge in [0.2, 0.25) is 11.8 Å². The van der Waals surface area contributed by atoms with E-state index in [1.807, 2.05) is 24.3 Å². The minimum absolute atomic E-state index is 0.209. The maximum absolute atomic E-state index is 12.7. The van der Waals surface area contributed by atoms with Crippen molar-refractivity contribution in [2.24, 2.45) is 23.7 Å². The van der Waals surface area contributed by atoms with Crippen LogP contribution in [0.15, 0.2) is 24.3 Å². The number of amides is 2. The van der Waals surface area contributed by atoms with Crippen molar-refractivity contribution < 1.29 is 23.9 Å². The van der Waals surface area contributed by atoms with Gasteiger partial charge in [-0.2, -0.15) is 0 Å². The van der Waals surface area contributed by atoms with Crippen molar-refractivity contribution in [3.63, 3.8) is 0 Å². The number of imide groups is 1. The normalized spacial score (nSPS) is 35.4. The first kappa shape index (κ1) is 16.0. The molecule has 6 atom stereocenters. The molecular weight excluding hydrogens is 322 g/mol. The highest BCUT2D eigenvalue weighted by Gasteiger charge is 2.66. The maximum Gasteiger partial charge on any atom is 0.310 e. The van der Waals surface area contributed by atoms with Crippen molar-refractivity contribution >= 4 is 24.1 Å². The fourth-order valence-corrected chi connectivity index (χ4v) is 5.16. The van der Waals surface area contributed by atoms with E-state index >= 15 is 0 Å². The van der Waals surface area contributed by atoms with Crippen LogP contribution < -0.4 is 0 Å². The second kappa shape index (κ2) is 5.51. The Balaban J connectivity index is 1.94. The van der Waals surface area contributed by atoms with Gasteiger partial charge in [0, 0.05) is 24.8 Å². The van der Waals surface area contributed by atoms with E-state index in [1.165, 1.54) is 7.05 Å². The average Bonchev–Trinajstić information content (AvgIpc) is 2.86. The lowest BCUT2D eigenvalue weighted by Gasteiger charge is -2.51. The number of hydrogen-bond donors (Lipinski definition) is 0. The molecule has 1 heterocycles. The Morgan fingerprint density at radius 1 is 1.08 bits per heavy atom. The van der Waals surface area contributed by atoms with Crippen LogP contribution in [0.2, 0.25) is 0 Å². The van der Waals surface area contributed by atoms with Gasteiger partial charge in [-0.3, -0.25) is 19.3 Å². The first-order chi connectivity index (χ1) is 12.0. The van der Waals surface area contributed by atoms with E-state index in [-0.39, 0.29) is 18.4 Å². The van der Waals surface area contributed by atoms with Crippen molar-refractivity contribution in [2.45, 2.75) is 18.8 Å². The molecule has 1 saturated heterocycles. The number of carbonyl (C=O) groups is 4. The highest BCUT2D eigenvalue weighted by atomic mass is 16.5. The number of likely N-dealkylation sites (tertiary alicyclic amines) is 1. The number of fused-ring (bicyclic) bond motifs is 1. The molecule has 0 spiro atoms. The van der Waals surface area contributed by atoms with Gasteiger partial charge in [0.15, 0.2) is 0 Å². The van der Waals surface area contributed by atoms with Crippen LogP contribution >= 0.6 is 0 Å². The number of carbonyl (C=O) groups excluding carboxylic acids is 4. The maximum atomic E-state index is 12.7. The second-order valence-electron chi connectivity index (χ2n) is 6.96. The van der Waals surface area contributed by atoms with E-state index in [4.69, 9.17) is 4.74 Å². The van der Waals surface area contributed by atoms with Crippen LogP contribution in [0.25, 0.3) is 0 Å². The van der Waals surface area contributed by atoms with Gasteiger partial charge in [0.05, 0.1) is 24.4 Å². The van der Waals surface area contributed by atoms with Gasteiger partial charge in [0.25, 0.3) is 0 Å². The molecule has 3 aliphatic carbocycles. The van der Waals surface area contributed by atoms with Crippen LogP contribution in [0.5, 0.6) is 0 Å². The molecule has 5 rings (SSSR count). The Bertz CT molecular complexity index is 788. The smallest absolute Gasteiger partial charge is 0.310 e. The van der Waals surface area contributed by atoms with Crippen LogP contribution in [-0.4, -0.2) is 42.6 Å². The van der Waals surface area contributed by atoms with E-state index in [1.54, 1.807) is 6.92 Å². The average molecular weight is 341 g/mol. The molecule has 130 valence electrons. The van der Waals surface area contributed by atoms with Gasteiger partial charge < -0.3 is 9.53 Å². The standard InChI is InChI=1S/C19H19NO5/c1-3-25-19(24)14-11(8-21)12-9-6-4-5-7-10(9)13(14)16-15(12)17(22)20(2)18(16)23/h4-8,11-16H,3H2,1-2H3/t11-,12-,13+,14+,15-,16+/m0/s1. The van der Waals surface area contributed by atoms with E-state index in [0.717, 1.165) is 22.3 Å². The number of hydrogen-bond acceptors (Lipinski definition) is 5. The van der Waals surface area contributed by atoms with Crippen molar-refractivity contribution in [1.82, 2.24) is 4.90 Å². The summed E-state index contributed by atoms with van der Waals surface area (Å²) in [7, 11) is 1.47. The molecule has 0 aromatic heterocycles. The third-order valence-corrected chi connectivity index (χ3v) is 6.04. The Hall–Kier alpha value is -2.50. The Morgan fingerprint density at radius 2 is 1.64 bits per heavy atom. The summed E-state index contributed by atoms with van der Waals surface area (Å²) in [5, 5.41) is 0. The number of esters is 1. The molecule has 0 radical (unpaired) electrons. The fourth-order valence-electron chi connectivity index (χ4n) is 5.16. The van der Waals surface area contributed by atoms with Gasteiger partial charge in [-0.05, 0) is 18.1 Å². The van der Waals surface area contributed by atoms with Gasteiger partial charge in [-0.25, -0.2) is 0 Å². The molecule has 2 amide bonds. The number of nitrogens with zero attached hydrogens (tertiary/aromatic N) is 1. The zero-order valence-corrected chi connectivity index (χ0v) is 14.0. The van der Waals surface area contributed by atoms with Crippen molar-refractivity contribution in [3.05, 3.63) is 35.4 Å². The van der Waals surface area contributed by atoms with Gasteiger partial charge >= 0.3 is 5.97 Å². The quantitative estimate of drug-likeness (QED) is 0.467. The lowest BCUT2D eigenvalue weighted by Crippen LogP contribution is -2.53. The molecule has 1 aromatic rings. The summed E-state index contributed by atoms with van der Waals surface area (Å²) in [5.41, 5.74) is 1.80. The first-order valence-electron chi connectivity index (χ1n) is 8.55. The molecule has 0 unspecified atom stereocenters. The van der Waals surface area contributed by atoms with Crippen molar-refractivity contribution in [3.8, 4) is 0 Å². The van der Waals surface area contributed by atoms with Crippen molar-refractivity contribution in [2.75, 3.05) is 13.7 Å². The monoisotopic (exact) mass is 341 g/mol. The van der Waals surface area contributed by atoms with Crippen LogP contribution in [0.3, 0.4) is 0 Å². The molecule has 2 fully saturated rings. The topological polar surface area (TPSA) is 80.8 Å². The highest BCUT2D eigenvalue weighted by molar-refractivity contribution is 6.07. The summed E-state index contributed by atoms with van der Waals surface area (Å²) in [6.45, 7) is 1.92. The second-order valence-corrected chi connectivity index (χ2v) is 6.96. The predicted octanol–water partition coefficient (Wildman–Crippen LogP) is 1.11. The zero-order chi connectivity index (χ0) is 17.9. The molecule has 1 aromatic carbocycles. The zero-order valence-electron chi connectivity index (χ0n) is 14.0. The summed E-state index contributed by atoms with van der Waals surface area (Å²) in [4.78, 5) is 51.1. The molecule has 1 saturated carbocycles. The number of benzene rings is 1. The lowest BCUT2D eigenvalue weighted by atomic mass is 9.49. The summed E-state index contributed by atoms with van der Waals surface area (Å²) in [6.07, 6.45) is 0.765. The third kappa shape index (κ3) is 1.91. The molecule has 25 heavy (non-hydrogen) atoms. The molecular formula is C19H19NO5. The molecule has 2 bridgehead atoms. The van der Waals surface area contributed by atoms with Crippen LogP contribution in [0.1, 0.15) is 29.9 Å². The molecule has 6 nitrogen and oxygen atoms in total. The van der Waals surface area contributed by atoms with Crippen LogP contribution in [0, 0.1) is 23.7 Å². The van der Waals surface area contributed by atoms with Gasteiger partial charge in [-0.1, -0.05) is 24.3 Å². The third-order valence-electron chi connectivity index (χ3n) is 6.04. The van der Waals surface area contributed by atoms with Crippen LogP contribution in [-0.2, 0) is 23.9 Å². The molecule has 4 aliphatic rings. The molecule has 0 N–H and O–H groups in total. The summed E-state index contributed by atoms with van der Waals surface area (Å²) >= 11 is 0. The van der Waals surface area contributed by atoms with Crippen molar-refractivity contribution in [1.29, 1.82) is 0 Å². The minimum atomic E-state index is -0.721. The van der Waals surface area contributed by atoms with E-state index < -0.39 is 41.5 Å². The summed E-state index contributed by atoms with van der Waals surface area (Å²) < 4.78 is 5.21. The largest absolute Gasteiger partial charge is 0.466 e. The number of ether oxygens (including phenoxy) is 1. The van der Waals surface area contributed by atoms with Crippen LogP contribution in [0.4, 0.5) is 0 Å². The summed E-state index contributed by atoms with van der Waals surface area (Å²) in [5.74, 6) is -4.47. The SMILES string of the molecule is CCOC(=O)[C@@H]1[C@@H](C=O)[C@@H]2c3ccccc3[C@H]1[C@H]1C(=O)N(C)C(=O)[C@H]12. The highest BCUT2D eigenvalue weighted by Crippen LogP contribution is 2.62. The Labute approximate surface area is 145 Å². The summed E-state index contributed by atoms with van der Waals surface area (Å²) in [6, 6.07) is 7.52. The molecule has 1 aliphatic heterocycles. The predicted molar refractivity (Wildman–Crippen MR) is 86.4 cm³/mol. The Morgan fingerprint density at radius 3 is 2.20 bits per heavy atom. The van der Waals surface area contributed by atoms with Gasteiger partial charge in [0.1, 0.15) is 6.29 Å². The number of rotatable bonds is 3. The Kier molecular flexibility index (Phi) is 3.52. The van der Waals surface area contributed by atoms with E-state index in [0.29, 0.717) is 0 Å². The molecule has 6 heteroatoms. The first-order valence-corrected chi connectivity index (χ1v) is 8.55. The number of aldehydes is 1. The van der Waals surface area contributed by atoms with E-state index in [2.05, 4.69) is 0 Å². The van der Waals surface area contributed by atoms with E-state index in [9.17, 15) is 19.2 Å². The minimum Gasteiger partial charge on any atom is -0.466 e. The lowest BCUT2D eigenvalue weighted by molar-refractivity contribution is -0.158. The van der Waals surface area contributed by atoms with Gasteiger partial charge in [-0.15, -0.1) is 0 Å². The fraction of sp³-hybridized carbons (Fsp3) is 0.474.